The van der Waals surface area contributed by atoms with Gasteiger partial charge < -0.3 is 5.32 Å². The molecule has 0 unspecified atom stereocenters. The third kappa shape index (κ3) is 2.03. The molecule has 0 aliphatic heterocycles. The highest BCUT2D eigenvalue weighted by Crippen LogP contribution is 2.23. The summed E-state index contributed by atoms with van der Waals surface area (Å²) >= 11 is 0. The average molecular weight is 247 g/mol. The van der Waals surface area contributed by atoms with Gasteiger partial charge >= 0.3 is 0 Å². The monoisotopic (exact) mass is 247 g/mol. The van der Waals surface area contributed by atoms with Gasteiger partial charge in [0, 0.05) is 18.7 Å². The summed E-state index contributed by atoms with van der Waals surface area (Å²) in [6.45, 7) is 0. The number of nitro benzene ring substituents is 1. The van der Waals surface area contributed by atoms with E-state index in [1.807, 2.05) is 0 Å². The Morgan fingerprint density at radius 1 is 1.50 bits per heavy atom. The number of nitro groups is 1. The molecule has 1 aromatic carbocycles. The molecule has 0 saturated heterocycles. The Morgan fingerprint density at radius 3 is 2.83 bits per heavy atom. The predicted molar refractivity (Wildman–Crippen MR) is 61.4 cm³/mol. The molecule has 1 amide bonds. The van der Waals surface area contributed by atoms with Gasteiger partial charge in [-0.05, 0) is 12.1 Å². The Labute approximate surface area is 101 Å². The molecule has 1 N–H and O–H groups in total. The van der Waals surface area contributed by atoms with Crippen molar-refractivity contribution in [2.75, 3.05) is 7.05 Å². The van der Waals surface area contributed by atoms with Crippen LogP contribution in [0.2, 0.25) is 0 Å². The van der Waals surface area contributed by atoms with Gasteiger partial charge in [0.1, 0.15) is 18.3 Å². The van der Waals surface area contributed by atoms with Crippen LogP contribution in [0.25, 0.3) is 5.69 Å². The van der Waals surface area contributed by atoms with E-state index in [0.29, 0.717) is 0 Å². The first-order valence-corrected chi connectivity index (χ1v) is 4.99. The van der Waals surface area contributed by atoms with Gasteiger partial charge in [0.25, 0.3) is 11.6 Å². The van der Waals surface area contributed by atoms with E-state index in [-0.39, 0.29) is 22.8 Å². The number of hydrogen-bond acceptors (Lipinski definition) is 5. The van der Waals surface area contributed by atoms with Gasteiger partial charge in [-0.15, -0.1) is 0 Å². The van der Waals surface area contributed by atoms with Gasteiger partial charge in [0.05, 0.1) is 4.92 Å². The van der Waals surface area contributed by atoms with Gasteiger partial charge in [0.2, 0.25) is 0 Å². The highest BCUT2D eigenvalue weighted by atomic mass is 16.6. The molecule has 1 heterocycles. The lowest BCUT2D eigenvalue weighted by molar-refractivity contribution is -0.384. The van der Waals surface area contributed by atoms with Crippen LogP contribution in [0.1, 0.15) is 10.4 Å². The van der Waals surface area contributed by atoms with Crippen LogP contribution in [-0.2, 0) is 0 Å². The van der Waals surface area contributed by atoms with Gasteiger partial charge in [-0.1, -0.05) is 0 Å². The van der Waals surface area contributed by atoms with Gasteiger partial charge in [-0.2, -0.15) is 5.10 Å². The molecular weight excluding hydrogens is 238 g/mol. The van der Waals surface area contributed by atoms with Crippen LogP contribution in [0.5, 0.6) is 0 Å². The SMILES string of the molecule is CNC(=O)c1ccc(-n2cncn2)c([N+](=O)[O-])c1. The van der Waals surface area contributed by atoms with Crippen molar-refractivity contribution in [2.45, 2.75) is 0 Å². The molecule has 0 aliphatic carbocycles. The largest absolute Gasteiger partial charge is 0.355 e. The second-order valence-corrected chi connectivity index (χ2v) is 3.38. The van der Waals surface area contributed by atoms with Crippen molar-refractivity contribution in [3.05, 3.63) is 46.5 Å². The fraction of sp³-hybridized carbons (Fsp3) is 0.100. The van der Waals surface area contributed by atoms with Gasteiger partial charge in [0.15, 0.2) is 0 Å². The molecule has 0 spiro atoms. The van der Waals surface area contributed by atoms with Gasteiger partial charge in [-0.25, -0.2) is 9.67 Å². The van der Waals surface area contributed by atoms with E-state index in [0.717, 1.165) is 0 Å². The van der Waals surface area contributed by atoms with Crippen molar-refractivity contribution >= 4 is 11.6 Å². The maximum absolute atomic E-state index is 11.4. The van der Waals surface area contributed by atoms with Crippen molar-refractivity contribution in [3.63, 3.8) is 0 Å². The van der Waals surface area contributed by atoms with Gasteiger partial charge in [-0.3, -0.25) is 14.9 Å². The normalized spacial score (nSPS) is 10.1. The molecule has 1 aromatic heterocycles. The minimum atomic E-state index is -0.566. The van der Waals surface area contributed by atoms with E-state index in [4.69, 9.17) is 0 Å². The number of benzene rings is 1. The summed E-state index contributed by atoms with van der Waals surface area (Å²) in [5, 5.41) is 17.2. The standard InChI is InChI=1S/C10H9N5O3/c1-11-10(16)7-2-3-8(9(4-7)15(17)18)14-6-12-5-13-14/h2-6H,1H3,(H,11,16). The summed E-state index contributed by atoms with van der Waals surface area (Å²) in [7, 11) is 1.46. The van der Waals surface area contributed by atoms with Crippen LogP contribution in [-0.4, -0.2) is 32.6 Å². The zero-order valence-electron chi connectivity index (χ0n) is 9.40. The predicted octanol–water partition coefficient (Wildman–Crippen LogP) is 0.535. The first kappa shape index (κ1) is 11.7. The third-order valence-corrected chi connectivity index (χ3v) is 2.33. The molecule has 0 bridgehead atoms. The number of aromatic nitrogens is 3. The first-order valence-electron chi connectivity index (χ1n) is 4.99. The van der Waals surface area contributed by atoms with E-state index < -0.39 is 4.92 Å². The lowest BCUT2D eigenvalue weighted by Crippen LogP contribution is -2.18. The number of nitrogens with one attached hydrogen (secondary N) is 1. The minimum Gasteiger partial charge on any atom is -0.355 e. The molecule has 92 valence electrons. The molecule has 0 aliphatic rings. The third-order valence-electron chi connectivity index (χ3n) is 2.33. The molecule has 0 saturated carbocycles. The molecule has 0 fully saturated rings. The van der Waals surface area contributed by atoms with Crippen molar-refractivity contribution < 1.29 is 9.72 Å². The lowest BCUT2D eigenvalue weighted by atomic mass is 10.1. The van der Waals surface area contributed by atoms with Crippen molar-refractivity contribution in [3.8, 4) is 5.69 Å². The fourth-order valence-corrected chi connectivity index (χ4v) is 1.48. The highest BCUT2D eigenvalue weighted by molar-refractivity contribution is 5.95. The zero-order valence-corrected chi connectivity index (χ0v) is 9.40. The van der Waals surface area contributed by atoms with E-state index in [2.05, 4.69) is 15.4 Å². The van der Waals surface area contributed by atoms with Crippen LogP contribution in [0, 0.1) is 10.1 Å². The second kappa shape index (κ2) is 4.62. The van der Waals surface area contributed by atoms with E-state index in [1.54, 1.807) is 0 Å². The van der Waals surface area contributed by atoms with Crippen LogP contribution >= 0.6 is 0 Å². The number of hydrogen-bond donors (Lipinski definition) is 1. The Bertz CT molecular complexity index is 594. The number of nitrogens with zero attached hydrogens (tertiary/aromatic N) is 4. The number of amides is 1. The molecule has 8 heteroatoms. The highest BCUT2D eigenvalue weighted by Gasteiger charge is 2.18. The Kier molecular flexibility index (Phi) is 3.00. The van der Waals surface area contributed by atoms with Crippen LogP contribution in [0.3, 0.4) is 0 Å². The Morgan fingerprint density at radius 2 is 2.28 bits per heavy atom. The molecule has 0 atom stereocenters. The molecular formula is C10H9N5O3. The molecule has 0 radical (unpaired) electrons. The summed E-state index contributed by atoms with van der Waals surface area (Å²) in [4.78, 5) is 25.6. The van der Waals surface area contributed by atoms with E-state index in [1.165, 1.54) is 42.6 Å². The topological polar surface area (TPSA) is 103 Å². The second-order valence-electron chi connectivity index (χ2n) is 3.38. The summed E-state index contributed by atoms with van der Waals surface area (Å²) in [5.41, 5.74) is 0.264. The first-order chi connectivity index (χ1) is 8.63. The Hall–Kier alpha value is -2.77. The van der Waals surface area contributed by atoms with Crippen LogP contribution in [0.4, 0.5) is 5.69 Å². The summed E-state index contributed by atoms with van der Waals surface area (Å²) in [6, 6.07) is 4.15. The van der Waals surface area contributed by atoms with Crippen LogP contribution in [0.15, 0.2) is 30.9 Å². The van der Waals surface area contributed by atoms with Crippen molar-refractivity contribution in [1.29, 1.82) is 0 Å². The summed E-state index contributed by atoms with van der Waals surface area (Å²) in [6.07, 6.45) is 2.62. The number of carbonyl (C=O) groups is 1. The molecule has 18 heavy (non-hydrogen) atoms. The van der Waals surface area contributed by atoms with Crippen LogP contribution < -0.4 is 5.32 Å². The summed E-state index contributed by atoms with van der Waals surface area (Å²) < 4.78 is 1.27. The Balaban J connectivity index is 2.55. The number of carbonyl (C=O) groups excluding carboxylic acids is 1. The molecule has 2 aromatic rings. The zero-order chi connectivity index (χ0) is 13.1. The molecule has 8 nitrogen and oxygen atoms in total. The smallest absolute Gasteiger partial charge is 0.295 e. The van der Waals surface area contributed by atoms with E-state index in [9.17, 15) is 14.9 Å². The lowest BCUT2D eigenvalue weighted by Gasteiger charge is -2.04. The quantitative estimate of drug-likeness (QED) is 0.629. The fourth-order valence-electron chi connectivity index (χ4n) is 1.48. The molecule has 2 rings (SSSR count). The minimum absolute atomic E-state index is 0.207. The van der Waals surface area contributed by atoms with E-state index >= 15 is 0 Å². The van der Waals surface area contributed by atoms with Crippen molar-refractivity contribution in [1.82, 2.24) is 20.1 Å². The maximum Gasteiger partial charge on any atom is 0.295 e. The van der Waals surface area contributed by atoms with Crippen molar-refractivity contribution in [2.24, 2.45) is 0 Å². The maximum atomic E-state index is 11.4. The average Bonchev–Trinajstić information content (AvgIpc) is 2.90. The summed E-state index contributed by atoms with van der Waals surface area (Å²) in [5.74, 6) is -0.386. The number of rotatable bonds is 3.